The molecule has 1 aliphatic heterocycles. The molecule has 1 saturated carbocycles. The fourth-order valence-electron chi connectivity index (χ4n) is 5.80. The van der Waals surface area contributed by atoms with E-state index in [1.807, 2.05) is 12.1 Å². The minimum atomic E-state index is -2.46. The van der Waals surface area contributed by atoms with Crippen LogP contribution in [0.25, 0.3) is 0 Å². The summed E-state index contributed by atoms with van der Waals surface area (Å²) in [5.41, 5.74) is 2.59. The zero-order valence-electron chi connectivity index (χ0n) is 29.7. The van der Waals surface area contributed by atoms with Gasteiger partial charge < -0.3 is 23.4 Å². The van der Waals surface area contributed by atoms with Crippen LogP contribution in [0.1, 0.15) is 98.5 Å². The highest BCUT2D eigenvalue weighted by Crippen LogP contribution is 2.48. The number of hydrogen-bond donors (Lipinski definition) is 1. The number of benzene rings is 1. The molecule has 1 aromatic rings. The molecule has 1 N–H and O–H groups in total. The molecule has 1 unspecified atom stereocenters. The van der Waals surface area contributed by atoms with E-state index in [-0.39, 0.29) is 22.3 Å². The van der Waals surface area contributed by atoms with Gasteiger partial charge in [-0.1, -0.05) is 71.4 Å². The average molecular weight is 647 g/mol. The number of ether oxygens (including phenoxy) is 2. The molecule has 1 saturated heterocycles. The maximum atomic E-state index is 13.1. The van der Waals surface area contributed by atoms with E-state index in [9.17, 15) is 9.90 Å². The van der Waals surface area contributed by atoms with Gasteiger partial charge in [-0.25, -0.2) is 4.79 Å². The molecule has 1 aromatic carbocycles. The second-order valence-electron chi connectivity index (χ2n) is 16.5. The SMILES string of the molecule is C=C1CC[C@H](CCCCOc2ccc(C)cc2)[C@H]1C[C@H]1OC1CCC(O[Si](C)(C)C(C)(C)C)(O[Si](C)(C)C(C)(C)C)C(=O)O. The van der Waals surface area contributed by atoms with Gasteiger partial charge in [0.25, 0.3) is 5.79 Å². The number of hydrogen-bond acceptors (Lipinski definition) is 5. The minimum Gasteiger partial charge on any atom is -0.494 e. The largest absolute Gasteiger partial charge is 0.494 e. The van der Waals surface area contributed by atoms with Crippen LogP contribution < -0.4 is 4.74 Å². The zero-order valence-corrected chi connectivity index (χ0v) is 31.7. The van der Waals surface area contributed by atoms with Crippen molar-refractivity contribution in [3.63, 3.8) is 0 Å². The number of unbranched alkanes of at least 4 members (excludes halogenated alkanes) is 1. The summed E-state index contributed by atoms with van der Waals surface area (Å²) < 4.78 is 25.6. The molecule has 250 valence electrons. The summed E-state index contributed by atoms with van der Waals surface area (Å²) in [6, 6.07) is 8.25. The quantitative estimate of drug-likeness (QED) is 0.0633. The van der Waals surface area contributed by atoms with Gasteiger partial charge in [0.1, 0.15) is 5.75 Å². The Bertz CT molecular complexity index is 1090. The predicted molar refractivity (Wildman–Crippen MR) is 185 cm³/mol. The van der Waals surface area contributed by atoms with Crippen molar-refractivity contribution in [3.8, 4) is 5.75 Å². The Morgan fingerprint density at radius 1 is 0.932 bits per heavy atom. The van der Waals surface area contributed by atoms with Crippen LogP contribution in [0, 0.1) is 18.8 Å². The van der Waals surface area contributed by atoms with Gasteiger partial charge in [0.2, 0.25) is 0 Å². The molecule has 0 spiro atoms. The first kappa shape index (κ1) is 37.0. The fourth-order valence-corrected chi connectivity index (χ4v) is 8.61. The maximum Gasteiger partial charge on any atom is 0.362 e. The van der Waals surface area contributed by atoms with Crippen LogP contribution >= 0.6 is 0 Å². The van der Waals surface area contributed by atoms with Gasteiger partial charge in [0.05, 0.1) is 18.8 Å². The first-order valence-corrected chi connectivity index (χ1v) is 22.7. The molecule has 0 amide bonds. The van der Waals surface area contributed by atoms with Crippen molar-refractivity contribution in [2.24, 2.45) is 11.8 Å². The van der Waals surface area contributed by atoms with E-state index in [0.29, 0.717) is 24.7 Å². The molecule has 3 rings (SSSR count). The predicted octanol–water partition coefficient (Wildman–Crippen LogP) is 9.89. The van der Waals surface area contributed by atoms with Gasteiger partial charge in [0.15, 0.2) is 16.6 Å². The topological polar surface area (TPSA) is 77.5 Å². The molecular weight excluding hydrogens is 585 g/mol. The molecule has 4 atom stereocenters. The Labute approximate surface area is 270 Å². The second-order valence-corrected chi connectivity index (χ2v) is 25.9. The Morgan fingerprint density at radius 3 is 2.02 bits per heavy atom. The highest BCUT2D eigenvalue weighted by molar-refractivity contribution is 6.75. The highest BCUT2D eigenvalue weighted by atomic mass is 28.4. The number of carbonyl (C=O) groups is 1. The van der Waals surface area contributed by atoms with E-state index in [0.717, 1.165) is 38.0 Å². The van der Waals surface area contributed by atoms with Crippen LogP contribution in [-0.2, 0) is 18.4 Å². The van der Waals surface area contributed by atoms with Crippen LogP contribution in [0.3, 0.4) is 0 Å². The number of allylic oxidation sites excluding steroid dienone is 1. The molecule has 8 heteroatoms. The number of aliphatic carboxylic acids is 1. The molecule has 0 aromatic heterocycles. The summed E-state index contributed by atoms with van der Waals surface area (Å²) in [5.74, 6) is -0.633. The van der Waals surface area contributed by atoms with Gasteiger partial charge >= 0.3 is 5.97 Å². The summed E-state index contributed by atoms with van der Waals surface area (Å²) in [6.45, 7) is 28.5. The molecule has 2 aliphatic rings. The summed E-state index contributed by atoms with van der Waals surface area (Å²) in [7, 11) is -4.93. The molecule has 2 fully saturated rings. The van der Waals surface area contributed by atoms with Crippen molar-refractivity contribution >= 4 is 22.6 Å². The third-order valence-corrected chi connectivity index (χ3v) is 19.8. The van der Waals surface area contributed by atoms with Gasteiger partial charge in [-0.05, 0) is 112 Å². The summed E-state index contributed by atoms with van der Waals surface area (Å²) in [5, 5.41) is 10.4. The van der Waals surface area contributed by atoms with E-state index in [4.69, 9.17) is 18.3 Å². The zero-order chi connectivity index (χ0) is 33.1. The van der Waals surface area contributed by atoms with Gasteiger partial charge in [-0.3, -0.25) is 0 Å². The molecule has 1 aliphatic carbocycles. The Hall–Kier alpha value is -1.46. The summed E-state index contributed by atoms with van der Waals surface area (Å²) in [4.78, 5) is 13.1. The third kappa shape index (κ3) is 9.53. The number of epoxide rings is 1. The minimum absolute atomic E-state index is 0.0386. The smallest absolute Gasteiger partial charge is 0.362 e. The van der Waals surface area contributed by atoms with Crippen molar-refractivity contribution in [2.75, 3.05) is 6.61 Å². The Kier molecular flexibility index (Phi) is 11.9. The molecular formula is C36H62O6Si2. The molecule has 1 heterocycles. The monoisotopic (exact) mass is 646 g/mol. The highest BCUT2D eigenvalue weighted by Gasteiger charge is 2.56. The van der Waals surface area contributed by atoms with Crippen molar-refractivity contribution < 1.29 is 28.2 Å². The van der Waals surface area contributed by atoms with Gasteiger partial charge in [-0.15, -0.1) is 0 Å². The van der Waals surface area contributed by atoms with Crippen LogP contribution in [0.2, 0.25) is 36.3 Å². The van der Waals surface area contributed by atoms with Crippen LogP contribution in [0.4, 0.5) is 0 Å². The lowest BCUT2D eigenvalue weighted by Gasteiger charge is -2.48. The van der Waals surface area contributed by atoms with Crippen LogP contribution in [0.5, 0.6) is 5.75 Å². The first-order valence-electron chi connectivity index (χ1n) is 16.8. The van der Waals surface area contributed by atoms with Gasteiger partial charge in [0, 0.05) is 6.42 Å². The maximum absolute atomic E-state index is 13.1. The molecule has 6 nitrogen and oxygen atoms in total. The van der Waals surface area contributed by atoms with E-state index in [1.54, 1.807) is 0 Å². The van der Waals surface area contributed by atoms with E-state index in [2.05, 4.69) is 93.4 Å². The van der Waals surface area contributed by atoms with Crippen molar-refractivity contribution in [1.29, 1.82) is 0 Å². The van der Waals surface area contributed by atoms with Gasteiger partial charge in [-0.2, -0.15) is 0 Å². The Balaban J connectivity index is 1.58. The summed E-state index contributed by atoms with van der Waals surface area (Å²) >= 11 is 0. The molecule has 0 radical (unpaired) electrons. The van der Waals surface area contributed by atoms with E-state index < -0.39 is 28.4 Å². The van der Waals surface area contributed by atoms with Crippen molar-refractivity contribution in [2.45, 2.75) is 154 Å². The van der Waals surface area contributed by atoms with E-state index in [1.165, 1.54) is 24.0 Å². The Morgan fingerprint density at radius 2 is 1.50 bits per heavy atom. The van der Waals surface area contributed by atoms with Crippen LogP contribution in [-0.4, -0.2) is 52.3 Å². The lowest BCUT2D eigenvalue weighted by molar-refractivity contribution is -0.194. The number of rotatable bonds is 16. The van der Waals surface area contributed by atoms with Crippen molar-refractivity contribution in [3.05, 3.63) is 42.0 Å². The second kappa shape index (κ2) is 14.1. The van der Waals surface area contributed by atoms with Crippen molar-refractivity contribution in [1.82, 2.24) is 0 Å². The number of carboxylic acids is 1. The number of aryl methyl sites for hydroxylation is 1. The standard InChI is InChI=1S/C36H62O6Si2/c1-26-16-20-29(21-17-26)39-24-14-13-15-28-19-18-27(2)30(28)25-32-31(40-32)22-23-36(33(37)38,41-43(9,10)34(3,4)5)42-44(11,12)35(6,7)8/h16-17,20-21,28,30-32H,2,13-15,18-19,22-25H2,1,3-12H3,(H,37,38)/t28-,30-,31?,32+/m0/s1. The normalized spacial score (nSPS) is 23.2. The first-order chi connectivity index (χ1) is 20.2. The fraction of sp³-hybridized carbons (Fsp3) is 0.750. The lowest BCUT2D eigenvalue weighted by atomic mass is 9.85. The average Bonchev–Trinajstić information content (AvgIpc) is 3.55. The summed E-state index contributed by atoms with van der Waals surface area (Å²) in [6.07, 6.45) is 7.72. The molecule has 0 bridgehead atoms. The molecule has 44 heavy (non-hydrogen) atoms. The third-order valence-electron chi connectivity index (χ3n) is 10.9. The van der Waals surface area contributed by atoms with E-state index >= 15 is 0 Å². The lowest BCUT2D eigenvalue weighted by Crippen LogP contribution is -2.60. The number of carboxylic acid groups (broad SMARTS) is 1. The van der Waals surface area contributed by atoms with Crippen LogP contribution in [0.15, 0.2) is 36.4 Å².